The van der Waals surface area contributed by atoms with Crippen LogP contribution in [0.2, 0.25) is 0 Å². The molecule has 1 heterocycles. The van der Waals surface area contributed by atoms with Crippen LogP contribution in [0, 0.1) is 6.92 Å². The fourth-order valence-electron chi connectivity index (χ4n) is 1.88. The second-order valence-corrected chi connectivity index (χ2v) is 4.72. The maximum Gasteiger partial charge on any atom is 0.242 e. The van der Waals surface area contributed by atoms with E-state index in [2.05, 4.69) is 32.8 Å². The number of nitrogens with zero attached hydrogens (tertiary/aromatic N) is 2. The first kappa shape index (κ1) is 16.2. The topological polar surface area (TPSA) is 78.9 Å². The van der Waals surface area contributed by atoms with Crippen LogP contribution in [0.5, 0.6) is 0 Å². The molecular formula is C14H25N5O. The molecule has 0 fully saturated rings. The van der Waals surface area contributed by atoms with Gasteiger partial charge >= 0.3 is 0 Å². The second kappa shape index (κ2) is 7.67. The van der Waals surface area contributed by atoms with Crippen LogP contribution in [-0.4, -0.2) is 35.5 Å². The minimum Gasteiger partial charge on any atom is -0.373 e. The van der Waals surface area contributed by atoms with E-state index in [1.54, 1.807) is 0 Å². The van der Waals surface area contributed by atoms with Crippen molar-refractivity contribution in [3.8, 4) is 0 Å². The Bertz CT molecular complexity index is 461. The molecule has 0 aliphatic rings. The van der Waals surface area contributed by atoms with Crippen molar-refractivity contribution in [1.82, 2.24) is 15.3 Å². The van der Waals surface area contributed by atoms with Crippen LogP contribution in [-0.2, 0) is 11.2 Å². The molecule has 0 spiro atoms. The Balaban J connectivity index is 2.97. The number of aryl methyl sites for hydroxylation is 1. The quantitative estimate of drug-likeness (QED) is 0.708. The van der Waals surface area contributed by atoms with Gasteiger partial charge in [0.25, 0.3) is 0 Å². The van der Waals surface area contributed by atoms with E-state index >= 15 is 0 Å². The standard InChI is InChI=1S/C14H25N5O/c1-6-8-11-18-12(15-5)9(3)13(19-11)17-10(4)14(20)16-7-2/h10H,6-8H2,1-5H3,(H,16,20)(H2,15,17,18,19). The molecular weight excluding hydrogens is 254 g/mol. The molecule has 1 aromatic heterocycles. The Morgan fingerprint density at radius 1 is 1.25 bits per heavy atom. The Morgan fingerprint density at radius 3 is 2.45 bits per heavy atom. The van der Waals surface area contributed by atoms with Gasteiger partial charge in [0.15, 0.2) is 0 Å². The number of aromatic nitrogens is 2. The lowest BCUT2D eigenvalue weighted by atomic mass is 10.2. The van der Waals surface area contributed by atoms with Gasteiger partial charge < -0.3 is 16.0 Å². The fourth-order valence-corrected chi connectivity index (χ4v) is 1.88. The molecule has 1 atom stereocenters. The van der Waals surface area contributed by atoms with Crippen LogP contribution < -0.4 is 16.0 Å². The molecule has 1 rings (SSSR count). The van der Waals surface area contributed by atoms with Gasteiger partial charge in [-0.1, -0.05) is 6.92 Å². The molecule has 0 aliphatic carbocycles. The summed E-state index contributed by atoms with van der Waals surface area (Å²) in [6.07, 6.45) is 1.80. The highest BCUT2D eigenvalue weighted by Crippen LogP contribution is 2.20. The molecule has 0 aliphatic heterocycles. The Hall–Kier alpha value is -1.85. The average molecular weight is 279 g/mol. The summed E-state index contributed by atoms with van der Waals surface area (Å²) in [4.78, 5) is 20.8. The number of hydrogen-bond acceptors (Lipinski definition) is 5. The molecule has 0 radical (unpaired) electrons. The van der Waals surface area contributed by atoms with Gasteiger partial charge in [0, 0.05) is 25.6 Å². The Kier molecular flexibility index (Phi) is 6.21. The molecule has 1 amide bonds. The molecule has 0 saturated heterocycles. The van der Waals surface area contributed by atoms with Crippen LogP contribution in [0.3, 0.4) is 0 Å². The van der Waals surface area contributed by atoms with Gasteiger partial charge in [-0.05, 0) is 27.2 Å². The summed E-state index contributed by atoms with van der Waals surface area (Å²) in [5.74, 6) is 2.27. The van der Waals surface area contributed by atoms with E-state index in [9.17, 15) is 4.79 Å². The molecule has 1 aromatic rings. The molecule has 3 N–H and O–H groups in total. The number of hydrogen-bond donors (Lipinski definition) is 3. The number of likely N-dealkylation sites (N-methyl/N-ethyl adjacent to an activating group) is 1. The predicted molar refractivity (Wildman–Crippen MR) is 82.1 cm³/mol. The third-order valence-electron chi connectivity index (χ3n) is 3.00. The Morgan fingerprint density at radius 2 is 1.90 bits per heavy atom. The van der Waals surface area contributed by atoms with Crippen molar-refractivity contribution in [3.63, 3.8) is 0 Å². The zero-order valence-corrected chi connectivity index (χ0v) is 13.0. The van der Waals surface area contributed by atoms with Crippen molar-refractivity contribution in [1.29, 1.82) is 0 Å². The molecule has 112 valence electrons. The van der Waals surface area contributed by atoms with Gasteiger partial charge in [0.1, 0.15) is 23.5 Å². The first-order chi connectivity index (χ1) is 9.53. The molecule has 0 aromatic carbocycles. The van der Waals surface area contributed by atoms with Crippen molar-refractivity contribution >= 4 is 17.5 Å². The summed E-state index contributed by atoms with van der Waals surface area (Å²) < 4.78 is 0. The van der Waals surface area contributed by atoms with Crippen molar-refractivity contribution in [2.75, 3.05) is 24.2 Å². The summed E-state index contributed by atoms with van der Waals surface area (Å²) in [6.45, 7) is 8.38. The van der Waals surface area contributed by atoms with Crippen molar-refractivity contribution < 1.29 is 4.79 Å². The fraction of sp³-hybridized carbons (Fsp3) is 0.643. The van der Waals surface area contributed by atoms with Crippen molar-refractivity contribution in [2.45, 2.75) is 46.6 Å². The van der Waals surface area contributed by atoms with Crippen LogP contribution >= 0.6 is 0 Å². The third kappa shape index (κ3) is 4.08. The van der Waals surface area contributed by atoms with Gasteiger partial charge in [-0.2, -0.15) is 0 Å². The highest BCUT2D eigenvalue weighted by atomic mass is 16.2. The number of nitrogens with one attached hydrogen (secondary N) is 3. The largest absolute Gasteiger partial charge is 0.373 e. The molecule has 6 nitrogen and oxygen atoms in total. The summed E-state index contributed by atoms with van der Waals surface area (Å²) in [7, 11) is 1.84. The van der Waals surface area contributed by atoms with Gasteiger partial charge in [-0.3, -0.25) is 4.79 Å². The maximum atomic E-state index is 11.8. The predicted octanol–water partition coefficient (Wildman–Crippen LogP) is 1.72. The van der Waals surface area contributed by atoms with Gasteiger partial charge in [-0.25, -0.2) is 9.97 Å². The van der Waals surface area contributed by atoms with E-state index in [1.807, 2.05) is 27.8 Å². The van der Waals surface area contributed by atoms with Crippen LogP contribution in [0.4, 0.5) is 11.6 Å². The van der Waals surface area contributed by atoms with E-state index < -0.39 is 0 Å². The van der Waals surface area contributed by atoms with E-state index in [0.717, 1.165) is 30.0 Å². The number of rotatable bonds is 7. The summed E-state index contributed by atoms with van der Waals surface area (Å²) in [5, 5.41) is 9.03. The SMILES string of the molecule is CCCc1nc(NC)c(C)c(NC(C)C(=O)NCC)n1. The number of carbonyl (C=O) groups is 1. The lowest BCUT2D eigenvalue weighted by Crippen LogP contribution is -2.37. The number of amides is 1. The molecule has 1 unspecified atom stereocenters. The third-order valence-corrected chi connectivity index (χ3v) is 3.00. The highest BCUT2D eigenvalue weighted by Gasteiger charge is 2.16. The maximum absolute atomic E-state index is 11.8. The van der Waals surface area contributed by atoms with Gasteiger partial charge in [0.2, 0.25) is 5.91 Å². The van der Waals surface area contributed by atoms with Crippen LogP contribution in [0.25, 0.3) is 0 Å². The van der Waals surface area contributed by atoms with Crippen molar-refractivity contribution in [2.24, 2.45) is 0 Å². The van der Waals surface area contributed by atoms with Crippen molar-refractivity contribution in [3.05, 3.63) is 11.4 Å². The lowest BCUT2D eigenvalue weighted by molar-refractivity contribution is -0.121. The monoisotopic (exact) mass is 279 g/mol. The average Bonchev–Trinajstić information content (AvgIpc) is 2.42. The minimum atomic E-state index is -0.331. The zero-order valence-electron chi connectivity index (χ0n) is 13.0. The smallest absolute Gasteiger partial charge is 0.242 e. The van der Waals surface area contributed by atoms with Gasteiger partial charge in [0.05, 0.1) is 0 Å². The zero-order chi connectivity index (χ0) is 15.1. The highest BCUT2D eigenvalue weighted by molar-refractivity contribution is 5.84. The normalized spacial score (nSPS) is 11.8. The summed E-state index contributed by atoms with van der Waals surface area (Å²) >= 11 is 0. The van der Waals surface area contributed by atoms with Crippen LogP contribution in [0.15, 0.2) is 0 Å². The first-order valence-electron chi connectivity index (χ1n) is 7.12. The second-order valence-electron chi connectivity index (χ2n) is 4.72. The number of carbonyl (C=O) groups excluding carboxylic acids is 1. The first-order valence-corrected chi connectivity index (χ1v) is 7.12. The summed E-state index contributed by atoms with van der Waals surface area (Å²) in [5.41, 5.74) is 0.920. The van der Waals surface area contributed by atoms with E-state index in [1.165, 1.54) is 0 Å². The minimum absolute atomic E-state index is 0.0337. The molecule has 0 saturated carbocycles. The van der Waals surface area contributed by atoms with Gasteiger partial charge in [-0.15, -0.1) is 0 Å². The van der Waals surface area contributed by atoms with Crippen LogP contribution in [0.1, 0.15) is 38.6 Å². The molecule has 6 heteroatoms. The Labute approximate surface area is 120 Å². The molecule has 20 heavy (non-hydrogen) atoms. The molecule has 0 bridgehead atoms. The lowest BCUT2D eigenvalue weighted by Gasteiger charge is -2.17. The van der Waals surface area contributed by atoms with E-state index in [-0.39, 0.29) is 11.9 Å². The van der Waals surface area contributed by atoms with E-state index in [4.69, 9.17) is 0 Å². The number of anilines is 2. The van der Waals surface area contributed by atoms with E-state index in [0.29, 0.717) is 12.4 Å². The summed E-state index contributed by atoms with van der Waals surface area (Å²) in [6, 6.07) is -0.331.